The summed E-state index contributed by atoms with van der Waals surface area (Å²) < 4.78 is 10.1. The van der Waals surface area contributed by atoms with Crippen molar-refractivity contribution in [2.24, 2.45) is 0 Å². The second-order valence-corrected chi connectivity index (χ2v) is 3.77. The molecule has 2 unspecified atom stereocenters. The monoisotopic (exact) mass is 220 g/mol. The van der Waals surface area contributed by atoms with Gasteiger partial charge in [0.2, 0.25) is 0 Å². The molecule has 2 atom stereocenters. The largest absolute Gasteiger partial charge is 0.391 e. The highest BCUT2D eigenvalue weighted by Gasteiger charge is 2.09. The number of methoxy groups -OCH3 is 1. The van der Waals surface area contributed by atoms with Crippen molar-refractivity contribution in [3.05, 3.63) is 0 Å². The third-order valence-corrected chi connectivity index (χ3v) is 2.14. The van der Waals surface area contributed by atoms with Crippen molar-refractivity contribution in [3.63, 3.8) is 0 Å². The van der Waals surface area contributed by atoms with Crippen molar-refractivity contribution in [1.82, 2.24) is 0 Å². The van der Waals surface area contributed by atoms with Crippen LogP contribution >= 0.6 is 0 Å². The quantitative estimate of drug-likeness (QED) is 0.538. The average Bonchev–Trinajstić information content (AvgIpc) is 2.22. The minimum atomic E-state index is -0.486. The SMILES string of the molecule is CCCCOCC(O)CCC(O)COC. The first-order valence-corrected chi connectivity index (χ1v) is 5.63. The zero-order valence-corrected chi connectivity index (χ0v) is 9.82. The first-order chi connectivity index (χ1) is 7.20. The van der Waals surface area contributed by atoms with Crippen LogP contribution in [0.25, 0.3) is 0 Å². The van der Waals surface area contributed by atoms with Crippen molar-refractivity contribution in [2.45, 2.75) is 44.8 Å². The van der Waals surface area contributed by atoms with Crippen molar-refractivity contribution < 1.29 is 19.7 Å². The molecule has 4 heteroatoms. The lowest BCUT2D eigenvalue weighted by Crippen LogP contribution is -2.21. The average molecular weight is 220 g/mol. The van der Waals surface area contributed by atoms with E-state index < -0.39 is 12.2 Å². The Labute approximate surface area is 92.2 Å². The van der Waals surface area contributed by atoms with E-state index in [0.29, 0.717) is 32.7 Å². The Balaban J connectivity index is 3.28. The molecule has 0 aliphatic rings. The second kappa shape index (κ2) is 10.4. The predicted molar refractivity (Wildman–Crippen MR) is 58.9 cm³/mol. The number of rotatable bonds is 10. The summed E-state index contributed by atoms with van der Waals surface area (Å²) in [5.74, 6) is 0. The molecule has 0 amide bonds. The van der Waals surface area contributed by atoms with Gasteiger partial charge in [-0.15, -0.1) is 0 Å². The van der Waals surface area contributed by atoms with Gasteiger partial charge in [0.1, 0.15) is 0 Å². The summed E-state index contributed by atoms with van der Waals surface area (Å²) in [5, 5.41) is 18.8. The Bertz CT molecular complexity index is 130. The van der Waals surface area contributed by atoms with E-state index in [9.17, 15) is 10.2 Å². The number of aliphatic hydroxyl groups excluding tert-OH is 2. The molecule has 0 radical (unpaired) electrons. The zero-order chi connectivity index (χ0) is 11.5. The minimum Gasteiger partial charge on any atom is -0.391 e. The smallest absolute Gasteiger partial charge is 0.0774 e. The molecule has 92 valence electrons. The maximum atomic E-state index is 9.49. The van der Waals surface area contributed by atoms with E-state index in [1.54, 1.807) is 7.11 Å². The molecule has 0 heterocycles. The molecule has 0 saturated heterocycles. The normalized spacial score (nSPS) is 15.2. The molecule has 0 fully saturated rings. The van der Waals surface area contributed by atoms with Gasteiger partial charge in [0, 0.05) is 13.7 Å². The van der Waals surface area contributed by atoms with Gasteiger partial charge >= 0.3 is 0 Å². The fourth-order valence-electron chi connectivity index (χ4n) is 1.21. The molecule has 0 spiro atoms. The maximum absolute atomic E-state index is 9.49. The fourth-order valence-corrected chi connectivity index (χ4v) is 1.21. The maximum Gasteiger partial charge on any atom is 0.0774 e. The third kappa shape index (κ3) is 10.1. The molecule has 0 aromatic rings. The molecule has 0 aromatic heterocycles. The highest BCUT2D eigenvalue weighted by molar-refractivity contribution is 4.60. The van der Waals surface area contributed by atoms with Crippen LogP contribution in [0, 0.1) is 0 Å². The van der Waals surface area contributed by atoms with Gasteiger partial charge in [0.05, 0.1) is 25.4 Å². The van der Waals surface area contributed by atoms with Crippen LogP contribution in [-0.4, -0.2) is 49.4 Å². The van der Waals surface area contributed by atoms with Gasteiger partial charge in [-0.05, 0) is 19.3 Å². The van der Waals surface area contributed by atoms with Crippen LogP contribution in [0.3, 0.4) is 0 Å². The van der Waals surface area contributed by atoms with Crippen molar-refractivity contribution >= 4 is 0 Å². The molecular weight excluding hydrogens is 196 g/mol. The molecule has 0 rings (SSSR count). The van der Waals surface area contributed by atoms with Gasteiger partial charge in [-0.25, -0.2) is 0 Å². The molecular formula is C11H24O4. The Morgan fingerprint density at radius 3 is 2.20 bits per heavy atom. The van der Waals surface area contributed by atoms with E-state index in [1.807, 2.05) is 0 Å². The van der Waals surface area contributed by atoms with Crippen LogP contribution in [0.1, 0.15) is 32.6 Å². The van der Waals surface area contributed by atoms with Gasteiger partial charge in [-0.3, -0.25) is 0 Å². The summed E-state index contributed by atoms with van der Waals surface area (Å²) in [7, 11) is 1.55. The molecule has 4 nitrogen and oxygen atoms in total. The van der Waals surface area contributed by atoms with E-state index in [4.69, 9.17) is 9.47 Å². The van der Waals surface area contributed by atoms with Crippen molar-refractivity contribution in [1.29, 1.82) is 0 Å². The number of ether oxygens (including phenoxy) is 2. The van der Waals surface area contributed by atoms with E-state index in [-0.39, 0.29) is 0 Å². The number of hydrogen-bond donors (Lipinski definition) is 2. The zero-order valence-electron chi connectivity index (χ0n) is 9.82. The topological polar surface area (TPSA) is 58.9 Å². The molecule has 0 aliphatic carbocycles. The number of unbranched alkanes of at least 4 members (excludes halogenated alkanes) is 1. The summed E-state index contributed by atoms with van der Waals surface area (Å²) in [4.78, 5) is 0. The highest BCUT2D eigenvalue weighted by atomic mass is 16.5. The van der Waals surface area contributed by atoms with E-state index in [0.717, 1.165) is 12.8 Å². The summed E-state index contributed by atoms with van der Waals surface area (Å²) in [5.41, 5.74) is 0. The summed E-state index contributed by atoms with van der Waals surface area (Å²) in [6.07, 6.45) is 2.26. The standard InChI is InChI=1S/C11H24O4/c1-3-4-7-15-9-11(13)6-5-10(12)8-14-2/h10-13H,3-9H2,1-2H3. The molecule has 0 bridgehead atoms. The third-order valence-electron chi connectivity index (χ3n) is 2.14. The molecule has 0 saturated carbocycles. The van der Waals surface area contributed by atoms with Gasteiger partial charge in [-0.1, -0.05) is 13.3 Å². The van der Waals surface area contributed by atoms with Gasteiger partial charge in [0.15, 0.2) is 0 Å². The number of hydrogen-bond acceptors (Lipinski definition) is 4. The van der Waals surface area contributed by atoms with E-state index in [1.165, 1.54) is 0 Å². The minimum absolute atomic E-state index is 0.323. The lowest BCUT2D eigenvalue weighted by Gasteiger charge is -2.13. The van der Waals surface area contributed by atoms with Crippen molar-refractivity contribution in [2.75, 3.05) is 26.9 Å². The van der Waals surface area contributed by atoms with Crippen LogP contribution in [0.5, 0.6) is 0 Å². The molecule has 0 aliphatic heterocycles. The van der Waals surface area contributed by atoms with Crippen LogP contribution in [0.4, 0.5) is 0 Å². The molecule has 2 N–H and O–H groups in total. The summed E-state index contributed by atoms with van der Waals surface area (Å²) in [6, 6.07) is 0. The Hall–Kier alpha value is -0.160. The fraction of sp³-hybridized carbons (Fsp3) is 1.00. The van der Waals surface area contributed by atoms with Crippen LogP contribution < -0.4 is 0 Å². The second-order valence-electron chi connectivity index (χ2n) is 3.77. The van der Waals surface area contributed by atoms with Gasteiger partial charge in [-0.2, -0.15) is 0 Å². The lowest BCUT2D eigenvalue weighted by molar-refractivity contribution is 0.0119. The number of aliphatic hydroxyl groups is 2. The lowest BCUT2D eigenvalue weighted by atomic mass is 10.1. The Morgan fingerprint density at radius 1 is 1.07 bits per heavy atom. The van der Waals surface area contributed by atoms with Crippen LogP contribution in [0.2, 0.25) is 0 Å². The van der Waals surface area contributed by atoms with Crippen LogP contribution in [0.15, 0.2) is 0 Å². The first kappa shape index (κ1) is 14.8. The predicted octanol–water partition coefficient (Wildman–Crippen LogP) is 0.951. The summed E-state index contributed by atoms with van der Waals surface area (Å²) in [6.45, 7) is 3.48. The van der Waals surface area contributed by atoms with Crippen molar-refractivity contribution in [3.8, 4) is 0 Å². The van der Waals surface area contributed by atoms with E-state index in [2.05, 4.69) is 6.92 Å². The van der Waals surface area contributed by atoms with E-state index >= 15 is 0 Å². The Kier molecular flexibility index (Phi) is 10.3. The van der Waals surface area contributed by atoms with Gasteiger partial charge < -0.3 is 19.7 Å². The molecule has 15 heavy (non-hydrogen) atoms. The van der Waals surface area contributed by atoms with Gasteiger partial charge in [0.25, 0.3) is 0 Å². The van der Waals surface area contributed by atoms with Crippen LogP contribution in [-0.2, 0) is 9.47 Å². The highest BCUT2D eigenvalue weighted by Crippen LogP contribution is 2.03. The molecule has 0 aromatic carbocycles. The Morgan fingerprint density at radius 2 is 1.67 bits per heavy atom. The first-order valence-electron chi connectivity index (χ1n) is 5.63. The summed E-state index contributed by atoms with van der Waals surface area (Å²) >= 11 is 0.